The molecule has 2 unspecified atom stereocenters. The lowest BCUT2D eigenvalue weighted by Gasteiger charge is -2.17. The number of rotatable bonds is 8. The Morgan fingerprint density at radius 1 is 1.36 bits per heavy atom. The highest BCUT2D eigenvalue weighted by molar-refractivity contribution is 5.77. The van der Waals surface area contributed by atoms with Crippen LogP contribution in [0.15, 0.2) is 24.3 Å². The van der Waals surface area contributed by atoms with Gasteiger partial charge < -0.3 is 15.0 Å². The lowest BCUT2D eigenvalue weighted by molar-refractivity contribution is -0.121. The van der Waals surface area contributed by atoms with Gasteiger partial charge in [-0.1, -0.05) is 25.5 Å². The number of carbonyl (C=O) groups is 2. The first-order chi connectivity index (χ1) is 12.1. The molecule has 1 N–H and O–H groups in total. The van der Waals surface area contributed by atoms with Gasteiger partial charge in [0.25, 0.3) is 0 Å². The summed E-state index contributed by atoms with van der Waals surface area (Å²) >= 11 is 0. The van der Waals surface area contributed by atoms with Crippen molar-refractivity contribution < 1.29 is 18.7 Å². The number of halogens is 1. The molecule has 25 heavy (non-hydrogen) atoms. The molecule has 1 aromatic carbocycles. The molecule has 1 aromatic rings. The van der Waals surface area contributed by atoms with Crippen molar-refractivity contribution in [1.29, 1.82) is 0 Å². The van der Waals surface area contributed by atoms with Crippen LogP contribution in [0.4, 0.5) is 9.18 Å². The average Bonchev–Trinajstić information content (AvgIpc) is 3.36. The van der Waals surface area contributed by atoms with Crippen molar-refractivity contribution in [2.45, 2.75) is 57.1 Å². The SMILES string of the molecule is CCCC(CC(=O)NCC1CN(C2CC2)C(=O)O1)c1ccc(F)cc1. The third-order valence-corrected chi connectivity index (χ3v) is 4.83. The molecule has 1 heterocycles. The van der Waals surface area contributed by atoms with Crippen molar-refractivity contribution >= 4 is 12.0 Å². The summed E-state index contributed by atoms with van der Waals surface area (Å²) in [6, 6.07) is 6.69. The van der Waals surface area contributed by atoms with Crippen molar-refractivity contribution in [2.75, 3.05) is 13.1 Å². The number of nitrogens with one attached hydrogen (secondary N) is 1. The van der Waals surface area contributed by atoms with Crippen LogP contribution in [0.25, 0.3) is 0 Å². The number of hydrogen-bond acceptors (Lipinski definition) is 3. The molecule has 2 fully saturated rings. The summed E-state index contributed by atoms with van der Waals surface area (Å²) in [5.74, 6) is -0.268. The van der Waals surface area contributed by atoms with E-state index in [0.717, 1.165) is 31.2 Å². The van der Waals surface area contributed by atoms with E-state index < -0.39 is 0 Å². The Bertz CT molecular complexity index is 616. The number of cyclic esters (lactones) is 1. The molecule has 2 amide bonds. The van der Waals surface area contributed by atoms with Crippen molar-refractivity contribution in [3.63, 3.8) is 0 Å². The minimum atomic E-state index is -0.272. The van der Waals surface area contributed by atoms with E-state index in [1.165, 1.54) is 12.1 Å². The number of ether oxygens (including phenoxy) is 1. The first kappa shape index (κ1) is 17.7. The van der Waals surface area contributed by atoms with E-state index in [-0.39, 0.29) is 29.8 Å². The Balaban J connectivity index is 1.48. The van der Waals surface area contributed by atoms with Gasteiger partial charge >= 0.3 is 6.09 Å². The van der Waals surface area contributed by atoms with Gasteiger partial charge in [0.05, 0.1) is 13.1 Å². The topological polar surface area (TPSA) is 58.6 Å². The van der Waals surface area contributed by atoms with E-state index in [0.29, 0.717) is 25.6 Å². The number of benzene rings is 1. The van der Waals surface area contributed by atoms with Crippen molar-refractivity contribution in [3.8, 4) is 0 Å². The lowest BCUT2D eigenvalue weighted by Crippen LogP contribution is -2.35. The van der Waals surface area contributed by atoms with Crippen molar-refractivity contribution in [3.05, 3.63) is 35.6 Å². The first-order valence-corrected chi connectivity index (χ1v) is 9.06. The van der Waals surface area contributed by atoms with Crippen LogP contribution in [0.1, 0.15) is 50.5 Å². The fraction of sp³-hybridized carbons (Fsp3) is 0.579. The van der Waals surface area contributed by atoms with Gasteiger partial charge in [-0.25, -0.2) is 9.18 Å². The zero-order chi connectivity index (χ0) is 17.8. The number of amides is 2. The van der Waals surface area contributed by atoms with Gasteiger partial charge in [0, 0.05) is 12.5 Å². The highest BCUT2D eigenvalue weighted by Gasteiger charge is 2.40. The highest BCUT2D eigenvalue weighted by atomic mass is 19.1. The summed E-state index contributed by atoms with van der Waals surface area (Å²) in [6.07, 6.45) is 3.73. The van der Waals surface area contributed by atoms with E-state index >= 15 is 0 Å². The van der Waals surface area contributed by atoms with Crippen LogP contribution in [0.2, 0.25) is 0 Å². The van der Waals surface area contributed by atoms with Crippen LogP contribution in [0.3, 0.4) is 0 Å². The zero-order valence-electron chi connectivity index (χ0n) is 14.5. The molecule has 1 saturated carbocycles. The van der Waals surface area contributed by atoms with Crippen LogP contribution in [-0.2, 0) is 9.53 Å². The maximum Gasteiger partial charge on any atom is 0.410 e. The predicted octanol–water partition coefficient (Wildman–Crippen LogP) is 3.20. The monoisotopic (exact) mass is 348 g/mol. The molecule has 1 aliphatic heterocycles. The molecule has 2 aliphatic rings. The fourth-order valence-corrected chi connectivity index (χ4v) is 3.33. The molecule has 3 rings (SSSR count). The van der Waals surface area contributed by atoms with Gasteiger partial charge in [-0.15, -0.1) is 0 Å². The number of carbonyl (C=O) groups excluding carboxylic acids is 2. The molecule has 136 valence electrons. The Labute approximate surface area is 147 Å². The molecular formula is C19H25FN2O3. The smallest absolute Gasteiger partial charge is 0.410 e. The fourth-order valence-electron chi connectivity index (χ4n) is 3.33. The second kappa shape index (κ2) is 7.85. The summed E-state index contributed by atoms with van der Waals surface area (Å²) in [5, 5.41) is 2.88. The van der Waals surface area contributed by atoms with Gasteiger partial charge in [-0.2, -0.15) is 0 Å². The van der Waals surface area contributed by atoms with Crippen LogP contribution in [0.5, 0.6) is 0 Å². The van der Waals surface area contributed by atoms with Crippen molar-refractivity contribution in [2.24, 2.45) is 0 Å². The maximum atomic E-state index is 13.1. The van der Waals surface area contributed by atoms with E-state index in [1.807, 2.05) is 0 Å². The van der Waals surface area contributed by atoms with E-state index in [4.69, 9.17) is 4.74 Å². The third kappa shape index (κ3) is 4.71. The Kier molecular flexibility index (Phi) is 5.56. The highest BCUT2D eigenvalue weighted by Crippen LogP contribution is 2.30. The van der Waals surface area contributed by atoms with Gasteiger partial charge in [0.15, 0.2) is 0 Å². The van der Waals surface area contributed by atoms with E-state index in [2.05, 4.69) is 12.2 Å². The van der Waals surface area contributed by atoms with E-state index in [9.17, 15) is 14.0 Å². The van der Waals surface area contributed by atoms with E-state index in [1.54, 1.807) is 17.0 Å². The molecule has 1 saturated heterocycles. The second-order valence-corrected chi connectivity index (χ2v) is 6.93. The molecule has 6 heteroatoms. The zero-order valence-corrected chi connectivity index (χ0v) is 14.5. The molecule has 0 spiro atoms. The van der Waals surface area contributed by atoms with Gasteiger partial charge in [0.1, 0.15) is 11.9 Å². The second-order valence-electron chi connectivity index (χ2n) is 6.93. The number of nitrogens with zero attached hydrogens (tertiary/aromatic N) is 1. The van der Waals surface area contributed by atoms with Gasteiger partial charge in [-0.3, -0.25) is 4.79 Å². The Hall–Kier alpha value is -2.11. The first-order valence-electron chi connectivity index (χ1n) is 9.06. The lowest BCUT2D eigenvalue weighted by atomic mass is 9.91. The predicted molar refractivity (Wildman–Crippen MR) is 91.7 cm³/mol. The summed E-state index contributed by atoms with van der Waals surface area (Å²) < 4.78 is 18.4. The third-order valence-electron chi connectivity index (χ3n) is 4.83. The summed E-state index contributed by atoms with van der Waals surface area (Å²) in [4.78, 5) is 25.8. The van der Waals surface area contributed by atoms with Gasteiger partial charge in [0.2, 0.25) is 5.91 Å². The molecule has 0 bridgehead atoms. The summed E-state index contributed by atoms with van der Waals surface area (Å²) in [7, 11) is 0. The molecule has 2 atom stereocenters. The normalized spacial score (nSPS) is 21.1. The Morgan fingerprint density at radius 2 is 2.08 bits per heavy atom. The van der Waals surface area contributed by atoms with Crippen molar-refractivity contribution in [1.82, 2.24) is 10.2 Å². The van der Waals surface area contributed by atoms with Crippen LogP contribution >= 0.6 is 0 Å². The molecule has 1 aliphatic carbocycles. The minimum Gasteiger partial charge on any atom is -0.442 e. The largest absolute Gasteiger partial charge is 0.442 e. The van der Waals surface area contributed by atoms with Crippen LogP contribution in [-0.4, -0.2) is 42.1 Å². The van der Waals surface area contributed by atoms with Crippen LogP contribution in [0, 0.1) is 5.82 Å². The maximum absolute atomic E-state index is 13.1. The Morgan fingerprint density at radius 3 is 2.72 bits per heavy atom. The minimum absolute atomic E-state index is 0.0660. The standard InChI is InChI=1S/C19H25FN2O3/c1-2-3-14(13-4-6-15(20)7-5-13)10-18(23)21-11-17-12-22(16-8-9-16)19(24)25-17/h4-7,14,16-17H,2-3,8-12H2,1H3,(H,21,23). The quantitative estimate of drug-likeness (QED) is 0.785. The molecule has 0 radical (unpaired) electrons. The van der Waals surface area contributed by atoms with Crippen LogP contribution < -0.4 is 5.32 Å². The molecule has 5 nitrogen and oxygen atoms in total. The van der Waals surface area contributed by atoms with Gasteiger partial charge in [-0.05, 0) is 42.9 Å². The number of hydrogen-bond donors (Lipinski definition) is 1. The molecular weight excluding hydrogens is 323 g/mol. The molecule has 0 aromatic heterocycles. The summed E-state index contributed by atoms with van der Waals surface area (Å²) in [6.45, 7) is 2.97. The average molecular weight is 348 g/mol. The summed E-state index contributed by atoms with van der Waals surface area (Å²) in [5.41, 5.74) is 0.977.